The molecule has 7 unspecified atom stereocenters. The molecule has 13 heteroatoms. The zero-order valence-electron chi connectivity index (χ0n) is 29.3. The number of hydrogen-bond donors (Lipinski definition) is 3. The summed E-state index contributed by atoms with van der Waals surface area (Å²) in [6.07, 6.45) is 4.70. The minimum absolute atomic E-state index is 0.0338. The molecule has 3 aliphatic carbocycles. The number of likely N-dealkylation sites (N-methyl/N-ethyl adjacent to an activating group) is 1. The molecule has 2 aromatic rings. The normalized spacial score (nSPS) is 30.8. The number of carbonyl (C=O) groups excluding carboxylic acids is 3. The summed E-state index contributed by atoms with van der Waals surface area (Å²) in [7, 11) is 1.60. The summed E-state index contributed by atoms with van der Waals surface area (Å²) >= 11 is 0. The van der Waals surface area contributed by atoms with E-state index in [-0.39, 0.29) is 57.6 Å². The lowest BCUT2D eigenvalue weighted by molar-refractivity contribution is -0.235. The molecule has 6 aliphatic rings. The molecule has 2 aromatic carbocycles. The standard InChI is InChI=1S/C39H47N3O10/c1-41(29(35(45)40-16-17-43)21-24-7-3-2-4-8-24)37(47)38-22-30-31-32(51-39(50-31,27-11-12-27)28-13-14-28)34(38)52-42(33(38)36(46)49-30)23-26-10-6-5-9-25(26)15-19-48-20-18-44/h2-10,15,19,27-34,43-44H,11-14,16-18,20-23H2,1H3,(H,40,45). The molecule has 6 fully saturated rings. The number of nitrogens with zero attached hydrogens (tertiary/aromatic N) is 2. The smallest absolute Gasteiger partial charge is 0.327 e. The Morgan fingerprint density at radius 1 is 1.02 bits per heavy atom. The first kappa shape index (κ1) is 35.2. The number of ether oxygens (including phenoxy) is 4. The summed E-state index contributed by atoms with van der Waals surface area (Å²) in [5.41, 5.74) is 1.02. The Balaban J connectivity index is 1.17. The fraction of sp³-hybridized carbons (Fsp3) is 0.564. The lowest BCUT2D eigenvalue weighted by atomic mass is 9.62. The second kappa shape index (κ2) is 14.2. The van der Waals surface area contributed by atoms with Gasteiger partial charge in [0.15, 0.2) is 11.8 Å². The molecule has 278 valence electrons. The Morgan fingerprint density at radius 3 is 2.44 bits per heavy atom. The maximum Gasteiger partial charge on any atom is 0.327 e. The third-order valence-corrected chi connectivity index (χ3v) is 11.6. The van der Waals surface area contributed by atoms with Crippen LogP contribution in [0.5, 0.6) is 0 Å². The fourth-order valence-corrected chi connectivity index (χ4v) is 8.91. The number of hydroxylamine groups is 2. The second-order valence-corrected chi connectivity index (χ2v) is 14.9. The number of carbonyl (C=O) groups is 3. The van der Waals surface area contributed by atoms with E-state index in [4.69, 9.17) is 28.9 Å². The molecule has 0 spiro atoms. The van der Waals surface area contributed by atoms with Crippen molar-refractivity contribution in [2.24, 2.45) is 17.3 Å². The molecule has 3 saturated carbocycles. The van der Waals surface area contributed by atoms with Crippen LogP contribution in [0.25, 0.3) is 6.08 Å². The lowest BCUT2D eigenvalue weighted by Gasteiger charge is -2.50. The molecule has 3 heterocycles. The first-order valence-corrected chi connectivity index (χ1v) is 18.5. The van der Waals surface area contributed by atoms with Crippen molar-refractivity contribution < 1.29 is 48.4 Å². The molecule has 0 aromatic heterocycles. The highest BCUT2D eigenvalue weighted by Crippen LogP contribution is 2.64. The van der Waals surface area contributed by atoms with Crippen LogP contribution in [0, 0.1) is 17.3 Å². The molecule has 52 heavy (non-hydrogen) atoms. The van der Waals surface area contributed by atoms with Gasteiger partial charge in [0, 0.05) is 38.3 Å². The summed E-state index contributed by atoms with van der Waals surface area (Å²) in [6, 6.07) is 15.0. The molecule has 2 bridgehead atoms. The first-order chi connectivity index (χ1) is 25.3. The zero-order chi connectivity index (χ0) is 36.0. The first-order valence-electron chi connectivity index (χ1n) is 18.5. The number of aliphatic hydroxyl groups is 2. The van der Waals surface area contributed by atoms with Crippen molar-refractivity contribution in [1.29, 1.82) is 0 Å². The summed E-state index contributed by atoms with van der Waals surface area (Å²) in [4.78, 5) is 51.7. The number of rotatable bonds is 15. The number of amides is 2. The lowest BCUT2D eigenvalue weighted by Crippen LogP contribution is -2.70. The van der Waals surface area contributed by atoms with Crippen LogP contribution in [0.15, 0.2) is 60.9 Å². The quantitative estimate of drug-likeness (QED) is 0.141. The van der Waals surface area contributed by atoms with Crippen LogP contribution >= 0.6 is 0 Å². The van der Waals surface area contributed by atoms with Gasteiger partial charge in [-0.05, 0) is 48.4 Å². The van der Waals surface area contributed by atoms with Crippen molar-refractivity contribution in [1.82, 2.24) is 15.3 Å². The van der Waals surface area contributed by atoms with Crippen LogP contribution in [0.1, 0.15) is 48.8 Å². The van der Waals surface area contributed by atoms with E-state index < -0.39 is 65.5 Å². The van der Waals surface area contributed by atoms with E-state index in [2.05, 4.69) is 5.32 Å². The van der Waals surface area contributed by atoms with Gasteiger partial charge in [-0.3, -0.25) is 19.2 Å². The van der Waals surface area contributed by atoms with Crippen molar-refractivity contribution in [3.8, 4) is 0 Å². The maximum absolute atomic E-state index is 15.4. The topological polar surface area (TPSA) is 156 Å². The van der Waals surface area contributed by atoms with Crippen LogP contribution in [0.3, 0.4) is 0 Å². The third-order valence-electron chi connectivity index (χ3n) is 11.6. The van der Waals surface area contributed by atoms with Crippen LogP contribution in [0.2, 0.25) is 0 Å². The average Bonchev–Trinajstić information content (AvgIpc) is 4.11. The Bertz CT molecular complexity index is 1670. The molecule has 3 saturated heterocycles. The zero-order valence-corrected chi connectivity index (χ0v) is 29.3. The Hall–Kier alpha value is -3.85. The molecule has 3 aliphatic heterocycles. The largest absolute Gasteiger partial charge is 0.499 e. The molecular weight excluding hydrogens is 670 g/mol. The predicted octanol–water partition coefficient (Wildman–Crippen LogP) is 1.94. The SMILES string of the molecule is CN(C(=O)C12CC3OC(=O)C1N(Cc1ccccc1C=COCCO)OC2C1OC(C2CC2)(C2CC2)OC31)C(Cc1ccccc1)C(=O)NCCO. The second-order valence-electron chi connectivity index (χ2n) is 14.9. The number of fused-ring (bicyclic) bond motifs is 4. The Morgan fingerprint density at radius 2 is 1.73 bits per heavy atom. The number of nitrogens with one attached hydrogen (secondary N) is 1. The molecule has 2 amide bonds. The van der Waals surface area contributed by atoms with Crippen molar-refractivity contribution in [2.75, 3.05) is 33.4 Å². The van der Waals surface area contributed by atoms with E-state index in [1.165, 1.54) is 11.2 Å². The fourth-order valence-electron chi connectivity index (χ4n) is 8.91. The van der Waals surface area contributed by atoms with Crippen molar-refractivity contribution >= 4 is 23.9 Å². The average molecular weight is 718 g/mol. The van der Waals surface area contributed by atoms with Gasteiger partial charge in [-0.2, -0.15) is 5.06 Å². The van der Waals surface area contributed by atoms with Gasteiger partial charge in [-0.25, -0.2) is 0 Å². The minimum atomic E-state index is -1.45. The summed E-state index contributed by atoms with van der Waals surface area (Å²) < 4.78 is 25.5. The van der Waals surface area contributed by atoms with Crippen molar-refractivity contribution in [3.63, 3.8) is 0 Å². The van der Waals surface area contributed by atoms with E-state index in [0.29, 0.717) is 0 Å². The van der Waals surface area contributed by atoms with E-state index in [1.807, 2.05) is 54.6 Å². The monoisotopic (exact) mass is 717 g/mol. The highest BCUT2D eigenvalue weighted by Gasteiger charge is 2.78. The number of esters is 1. The van der Waals surface area contributed by atoms with Gasteiger partial charge in [0.05, 0.1) is 26.0 Å². The van der Waals surface area contributed by atoms with E-state index in [0.717, 1.165) is 42.4 Å². The van der Waals surface area contributed by atoms with Gasteiger partial charge in [-0.1, -0.05) is 54.6 Å². The van der Waals surface area contributed by atoms with E-state index in [9.17, 15) is 14.7 Å². The predicted molar refractivity (Wildman–Crippen MR) is 184 cm³/mol. The maximum atomic E-state index is 15.4. The number of hydrogen-bond acceptors (Lipinski definition) is 11. The molecule has 7 atom stereocenters. The van der Waals surface area contributed by atoms with Crippen molar-refractivity contribution in [3.05, 3.63) is 77.5 Å². The van der Waals surface area contributed by atoms with E-state index >= 15 is 4.79 Å². The summed E-state index contributed by atoms with van der Waals surface area (Å²) in [5, 5.41) is 23.0. The van der Waals surface area contributed by atoms with Gasteiger partial charge in [0.2, 0.25) is 11.8 Å². The van der Waals surface area contributed by atoms with Crippen LogP contribution < -0.4 is 5.32 Å². The highest BCUT2D eigenvalue weighted by atomic mass is 16.8. The third kappa shape index (κ3) is 6.10. The van der Waals surface area contributed by atoms with Gasteiger partial charge >= 0.3 is 5.97 Å². The van der Waals surface area contributed by atoms with Gasteiger partial charge in [0.25, 0.3) is 0 Å². The highest BCUT2D eigenvalue weighted by molar-refractivity contribution is 5.96. The summed E-state index contributed by atoms with van der Waals surface area (Å²) in [6.45, 7) is -0.0398. The van der Waals surface area contributed by atoms with Crippen molar-refractivity contribution in [2.45, 2.75) is 87.4 Å². The molecular formula is C39H47N3O10. The summed E-state index contributed by atoms with van der Waals surface area (Å²) in [5.74, 6) is -1.73. The molecule has 13 nitrogen and oxygen atoms in total. The molecule has 8 rings (SSSR count). The molecule has 3 N–H and O–H groups in total. The van der Waals surface area contributed by atoms with Crippen LogP contribution in [-0.4, -0.2) is 114 Å². The Labute approximate surface area is 302 Å². The Kier molecular flexibility index (Phi) is 9.60. The molecule has 0 radical (unpaired) electrons. The van der Waals surface area contributed by atoms with Crippen LogP contribution in [-0.2, 0) is 51.1 Å². The number of aliphatic hydroxyl groups excluding tert-OH is 2. The van der Waals surface area contributed by atoms with Gasteiger partial charge < -0.3 is 39.4 Å². The van der Waals surface area contributed by atoms with Gasteiger partial charge in [0.1, 0.15) is 42.5 Å². The van der Waals surface area contributed by atoms with Gasteiger partial charge in [-0.15, -0.1) is 0 Å². The van der Waals surface area contributed by atoms with E-state index in [1.54, 1.807) is 18.2 Å². The minimum Gasteiger partial charge on any atom is -0.499 e. The van der Waals surface area contributed by atoms with Crippen LogP contribution in [0.4, 0.5) is 0 Å². The number of benzene rings is 2.